The summed E-state index contributed by atoms with van der Waals surface area (Å²) in [6.07, 6.45) is 1.58. The standard InChI is InChI=1S/C10H13F2NO/c1-3-8(14)13-5-4-9(2)7(6-13)10(9,11)12/h3,7H,1,4-6H2,2H3. The van der Waals surface area contributed by atoms with Crippen LogP contribution in [0.4, 0.5) is 8.78 Å². The topological polar surface area (TPSA) is 20.3 Å². The molecule has 78 valence electrons. The Morgan fingerprint density at radius 2 is 2.29 bits per heavy atom. The Labute approximate surface area is 81.6 Å². The van der Waals surface area contributed by atoms with E-state index in [4.69, 9.17) is 0 Å². The van der Waals surface area contributed by atoms with Gasteiger partial charge in [-0.3, -0.25) is 4.79 Å². The van der Waals surface area contributed by atoms with Crippen molar-refractivity contribution in [3.63, 3.8) is 0 Å². The van der Waals surface area contributed by atoms with Crippen LogP contribution in [0.3, 0.4) is 0 Å². The van der Waals surface area contributed by atoms with Crippen LogP contribution in [-0.4, -0.2) is 29.8 Å². The lowest BCUT2D eigenvalue weighted by molar-refractivity contribution is -0.127. The number of halogens is 2. The smallest absolute Gasteiger partial charge is 0.259 e. The van der Waals surface area contributed by atoms with Crippen LogP contribution in [0.15, 0.2) is 12.7 Å². The Hall–Kier alpha value is -0.930. The van der Waals surface area contributed by atoms with E-state index in [0.29, 0.717) is 13.0 Å². The van der Waals surface area contributed by atoms with E-state index in [1.54, 1.807) is 6.92 Å². The van der Waals surface area contributed by atoms with E-state index in [9.17, 15) is 13.6 Å². The zero-order valence-corrected chi connectivity index (χ0v) is 8.09. The number of hydrogen-bond donors (Lipinski definition) is 0. The number of carbonyl (C=O) groups excluding carboxylic acids is 1. The molecule has 1 aliphatic carbocycles. The third-order valence-corrected chi connectivity index (χ3v) is 3.68. The molecule has 2 rings (SSSR count). The molecule has 0 spiro atoms. The lowest BCUT2D eigenvalue weighted by Gasteiger charge is -2.27. The highest BCUT2D eigenvalue weighted by Gasteiger charge is 2.78. The van der Waals surface area contributed by atoms with Crippen molar-refractivity contribution in [2.24, 2.45) is 11.3 Å². The quantitative estimate of drug-likeness (QED) is 0.591. The molecule has 1 saturated carbocycles. The molecule has 0 aromatic rings. The first kappa shape index (κ1) is 9.62. The Morgan fingerprint density at radius 1 is 1.64 bits per heavy atom. The Bertz CT molecular complexity index is 302. The molecule has 1 saturated heterocycles. The maximum atomic E-state index is 13.3. The second kappa shape index (κ2) is 2.55. The van der Waals surface area contributed by atoms with Gasteiger partial charge in [-0.25, -0.2) is 8.78 Å². The Morgan fingerprint density at radius 3 is 2.79 bits per heavy atom. The molecule has 0 aromatic carbocycles. The first-order valence-electron chi connectivity index (χ1n) is 4.72. The number of fused-ring (bicyclic) bond motifs is 1. The molecule has 0 radical (unpaired) electrons. The summed E-state index contributed by atoms with van der Waals surface area (Å²) in [5.41, 5.74) is -0.856. The summed E-state index contributed by atoms with van der Waals surface area (Å²) in [6.45, 7) is 5.55. The molecule has 1 heterocycles. The molecule has 1 amide bonds. The van der Waals surface area contributed by atoms with Crippen molar-refractivity contribution in [1.29, 1.82) is 0 Å². The van der Waals surface area contributed by atoms with Crippen molar-refractivity contribution in [3.05, 3.63) is 12.7 Å². The molecule has 2 unspecified atom stereocenters. The molecule has 0 aromatic heterocycles. The molecule has 2 aliphatic rings. The second-order valence-electron chi connectivity index (χ2n) is 4.33. The van der Waals surface area contributed by atoms with Gasteiger partial charge < -0.3 is 4.90 Å². The van der Waals surface area contributed by atoms with E-state index in [-0.39, 0.29) is 12.5 Å². The molecule has 2 fully saturated rings. The van der Waals surface area contributed by atoms with Gasteiger partial charge in [0.15, 0.2) is 0 Å². The fourth-order valence-electron chi connectivity index (χ4n) is 2.34. The second-order valence-corrected chi connectivity index (χ2v) is 4.33. The molecule has 0 N–H and O–H groups in total. The predicted molar refractivity (Wildman–Crippen MR) is 47.9 cm³/mol. The third kappa shape index (κ3) is 0.967. The minimum Gasteiger partial charge on any atom is -0.339 e. The molecule has 1 aliphatic heterocycles. The van der Waals surface area contributed by atoms with Gasteiger partial charge in [0.05, 0.1) is 5.92 Å². The monoisotopic (exact) mass is 201 g/mol. The normalized spacial score (nSPS) is 38.8. The summed E-state index contributed by atoms with van der Waals surface area (Å²) < 4.78 is 26.5. The minimum absolute atomic E-state index is 0.175. The summed E-state index contributed by atoms with van der Waals surface area (Å²) >= 11 is 0. The van der Waals surface area contributed by atoms with Crippen molar-refractivity contribution >= 4 is 5.91 Å². The average Bonchev–Trinajstić information content (AvgIpc) is 2.60. The van der Waals surface area contributed by atoms with Gasteiger partial charge in [0, 0.05) is 18.5 Å². The van der Waals surface area contributed by atoms with Crippen LogP contribution in [0.1, 0.15) is 13.3 Å². The van der Waals surface area contributed by atoms with Crippen molar-refractivity contribution in [1.82, 2.24) is 4.90 Å². The highest BCUT2D eigenvalue weighted by molar-refractivity contribution is 5.87. The van der Waals surface area contributed by atoms with Crippen molar-refractivity contribution in [2.45, 2.75) is 19.3 Å². The number of rotatable bonds is 1. The Kier molecular flexibility index (Phi) is 1.75. The largest absolute Gasteiger partial charge is 0.339 e. The van der Waals surface area contributed by atoms with Gasteiger partial charge in [0.2, 0.25) is 5.91 Å². The number of likely N-dealkylation sites (tertiary alicyclic amines) is 1. The molecular weight excluding hydrogens is 188 g/mol. The number of piperidine rings is 1. The molecule has 14 heavy (non-hydrogen) atoms. The minimum atomic E-state index is -2.58. The fraction of sp³-hybridized carbons (Fsp3) is 0.700. The van der Waals surface area contributed by atoms with Crippen molar-refractivity contribution in [3.8, 4) is 0 Å². The van der Waals surface area contributed by atoms with Gasteiger partial charge in [-0.2, -0.15) is 0 Å². The number of alkyl halides is 2. The average molecular weight is 201 g/mol. The maximum Gasteiger partial charge on any atom is 0.259 e. The summed E-state index contributed by atoms with van der Waals surface area (Å²) in [6, 6.07) is 0. The van der Waals surface area contributed by atoms with Crippen LogP contribution in [0, 0.1) is 11.3 Å². The first-order chi connectivity index (χ1) is 6.43. The zero-order valence-electron chi connectivity index (χ0n) is 8.09. The predicted octanol–water partition coefficient (Wildman–Crippen LogP) is 1.68. The van der Waals surface area contributed by atoms with E-state index >= 15 is 0 Å². The van der Waals surface area contributed by atoms with E-state index < -0.39 is 17.3 Å². The molecular formula is C10H13F2NO. The molecule has 0 bridgehead atoms. The van der Waals surface area contributed by atoms with Crippen LogP contribution < -0.4 is 0 Å². The van der Waals surface area contributed by atoms with Gasteiger partial charge in [-0.15, -0.1) is 0 Å². The van der Waals surface area contributed by atoms with Crippen LogP contribution >= 0.6 is 0 Å². The van der Waals surface area contributed by atoms with Crippen LogP contribution in [0.5, 0.6) is 0 Å². The summed E-state index contributed by atoms with van der Waals surface area (Å²) in [4.78, 5) is 12.7. The van der Waals surface area contributed by atoms with Gasteiger partial charge in [-0.05, 0) is 12.5 Å². The van der Waals surface area contributed by atoms with Crippen LogP contribution in [0.25, 0.3) is 0 Å². The van der Waals surface area contributed by atoms with Crippen LogP contribution in [0.2, 0.25) is 0 Å². The number of nitrogens with zero attached hydrogens (tertiary/aromatic N) is 1. The number of carbonyl (C=O) groups is 1. The third-order valence-electron chi connectivity index (χ3n) is 3.68. The lowest BCUT2D eigenvalue weighted by Crippen LogP contribution is -2.37. The lowest BCUT2D eigenvalue weighted by atomic mass is 9.97. The summed E-state index contributed by atoms with van der Waals surface area (Å²) in [5.74, 6) is -3.47. The molecule has 2 atom stereocenters. The van der Waals surface area contributed by atoms with Crippen LogP contribution in [-0.2, 0) is 4.79 Å². The number of amides is 1. The van der Waals surface area contributed by atoms with Crippen molar-refractivity contribution in [2.75, 3.05) is 13.1 Å². The summed E-state index contributed by atoms with van der Waals surface area (Å²) in [5, 5.41) is 0. The van der Waals surface area contributed by atoms with Gasteiger partial charge >= 0.3 is 0 Å². The van der Waals surface area contributed by atoms with E-state index in [2.05, 4.69) is 6.58 Å². The summed E-state index contributed by atoms with van der Waals surface area (Å²) in [7, 11) is 0. The SMILES string of the molecule is C=CC(=O)N1CCC2(C)C(C1)C2(F)F. The molecule has 2 nitrogen and oxygen atoms in total. The highest BCUT2D eigenvalue weighted by Crippen LogP contribution is 2.69. The van der Waals surface area contributed by atoms with Crippen molar-refractivity contribution < 1.29 is 13.6 Å². The van der Waals surface area contributed by atoms with Gasteiger partial charge in [0.1, 0.15) is 0 Å². The zero-order chi connectivity index (χ0) is 10.6. The maximum absolute atomic E-state index is 13.3. The van der Waals surface area contributed by atoms with E-state index in [1.165, 1.54) is 11.0 Å². The van der Waals surface area contributed by atoms with E-state index in [1.807, 2.05) is 0 Å². The first-order valence-corrected chi connectivity index (χ1v) is 4.72. The van der Waals surface area contributed by atoms with E-state index in [0.717, 1.165) is 0 Å². The fourth-order valence-corrected chi connectivity index (χ4v) is 2.34. The van der Waals surface area contributed by atoms with Gasteiger partial charge in [0.25, 0.3) is 5.92 Å². The number of hydrogen-bond acceptors (Lipinski definition) is 1. The molecule has 4 heteroatoms. The highest BCUT2D eigenvalue weighted by atomic mass is 19.3. The van der Waals surface area contributed by atoms with Gasteiger partial charge in [-0.1, -0.05) is 13.5 Å². The Balaban J connectivity index is 2.09.